The SMILES string of the molecule is C[C@@H]1C[C@@H]1C(=O)NCCC(=O)NCC(C)(C)c1ccccc1F. The van der Waals surface area contributed by atoms with Crippen LogP contribution in [-0.2, 0) is 15.0 Å². The second kappa shape index (κ2) is 7.11. The van der Waals surface area contributed by atoms with Crippen molar-refractivity contribution in [2.75, 3.05) is 13.1 Å². The molecular formula is C18H25FN2O2. The van der Waals surface area contributed by atoms with Gasteiger partial charge in [0.15, 0.2) is 0 Å². The first-order valence-electron chi connectivity index (χ1n) is 8.10. The summed E-state index contributed by atoms with van der Waals surface area (Å²) in [6.07, 6.45) is 1.18. The molecule has 1 aromatic rings. The van der Waals surface area contributed by atoms with E-state index in [1.54, 1.807) is 18.2 Å². The highest BCUT2D eigenvalue weighted by Crippen LogP contribution is 2.37. The van der Waals surface area contributed by atoms with Crippen LogP contribution in [0.25, 0.3) is 0 Å². The zero-order valence-corrected chi connectivity index (χ0v) is 14.0. The Labute approximate surface area is 136 Å². The second-order valence-corrected chi connectivity index (χ2v) is 7.00. The molecule has 5 heteroatoms. The molecule has 126 valence electrons. The molecule has 1 fully saturated rings. The van der Waals surface area contributed by atoms with Crippen LogP contribution in [0.3, 0.4) is 0 Å². The molecule has 1 aromatic carbocycles. The van der Waals surface area contributed by atoms with Crippen molar-refractivity contribution in [1.29, 1.82) is 0 Å². The van der Waals surface area contributed by atoms with Crippen molar-refractivity contribution in [2.45, 2.75) is 39.0 Å². The molecule has 4 nitrogen and oxygen atoms in total. The van der Waals surface area contributed by atoms with Gasteiger partial charge in [0.1, 0.15) is 5.82 Å². The number of benzene rings is 1. The van der Waals surface area contributed by atoms with Crippen LogP contribution in [-0.4, -0.2) is 24.9 Å². The van der Waals surface area contributed by atoms with E-state index in [1.807, 2.05) is 20.8 Å². The molecule has 0 heterocycles. The number of rotatable bonds is 7. The first-order chi connectivity index (χ1) is 10.8. The minimum absolute atomic E-state index is 0.0389. The van der Waals surface area contributed by atoms with Gasteiger partial charge in [-0.2, -0.15) is 0 Å². The summed E-state index contributed by atoms with van der Waals surface area (Å²) in [6, 6.07) is 6.60. The number of hydrogen-bond donors (Lipinski definition) is 2. The van der Waals surface area contributed by atoms with Crippen molar-refractivity contribution in [2.24, 2.45) is 11.8 Å². The molecule has 2 atom stereocenters. The van der Waals surface area contributed by atoms with E-state index in [-0.39, 0.29) is 30.0 Å². The van der Waals surface area contributed by atoms with Gasteiger partial charge in [-0.15, -0.1) is 0 Å². The van der Waals surface area contributed by atoms with E-state index in [1.165, 1.54) is 6.07 Å². The van der Waals surface area contributed by atoms with Crippen LogP contribution in [0.5, 0.6) is 0 Å². The standard InChI is InChI=1S/C18H25FN2O2/c1-12-10-13(12)17(23)20-9-8-16(22)21-11-18(2,3)14-6-4-5-7-15(14)19/h4-7,12-13H,8-11H2,1-3H3,(H,20,23)(H,21,22)/t12-,13+/m1/s1. The monoisotopic (exact) mass is 320 g/mol. The molecule has 0 saturated heterocycles. The minimum Gasteiger partial charge on any atom is -0.355 e. The van der Waals surface area contributed by atoms with E-state index in [0.29, 0.717) is 24.6 Å². The van der Waals surface area contributed by atoms with E-state index in [2.05, 4.69) is 10.6 Å². The molecule has 0 aliphatic heterocycles. The molecule has 2 rings (SSSR count). The molecule has 1 saturated carbocycles. The smallest absolute Gasteiger partial charge is 0.223 e. The lowest BCUT2D eigenvalue weighted by atomic mass is 9.84. The molecule has 1 aliphatic carbocycles. The topological polar surface area (TPSA) is 58.2 Å². The molecule has 0 spiro atoms. The van der Waals surface area contributed by atoms with Crippen molar-refractivity contribution in [3.05, 3.63) is 35.6 Å². The van der Waals surface area contributed by atoms with Gasteiger partial charge >= 0.3 is 0 Å². The summed E-state index contributed by atoms with van der Waals surface area (Å²) in [4.78, 5) is 23.5. The van der Waals surface area contributed by atoms with Crippen molar-refractivity contribution in [3.63, 3.8) is 0 Å². The Morgan fingerprint density at radius 3 is 2.52 bits per heavy atom. The minimum atomic E-state index is -0.492. The first kappa shape index (κ1) is 17.4. The van der Waals surface area contributed by atoms with Crippen LogP contribution in [0.2, 0.25) is 0 Å². The molecule has 2 N–H and O–H groups in total. The first-order valence-corrected chi connectivity index (χ1v) is 8.10. The van der Waals surface area contributed by atoms with Gasteiger partial charge in [0.2, 0.25) is 11.8 Å². The molecule has 1 aliphatic rings. The summed E-state index contributed by atoms with van der Waals surface area (Å²) in [5.74, 6) is 0.219. The summed E-state index contributed by atoms with van der Waals surface area (Å²) in [5, 5.41) is 5.60. The summed E-state index contributed by atoms with van der Waals surface area (Å²) in [7, 11) is 0. The van der Waals surface area contributed by atoms with E-state index in [9.17, 15) is 14.0 Å². The predicted molar refractivity (Wildman–Crippen MR) is 87.3 cm³/mol. The zero-order chi connectivity index (χ0) is 17.0. The van der Waals surface area contributed by atoms with Crippen LogP contribution in [0.15, 0.2) is 24.3 Å². The molecule has 0 bridgehead atoms. The highest BCUT2D eigenvalue weighted by molar-refractivity contribution is 5.82. The van der Waals surface area contributed by atoms with Crippen molar-refractivity contribution >= 4 is 11.8 Å². The van der Waals surface area contributed by atoms with E-state index >= 15 is 0 Å². The third kappa shape index (κ3) is 4.78. The molecular weight excluding hydrogens is 295 g/mol. The molecule has 23 heavy (non-hydrogen) atoms. The molecule has 0 unspecified atom stereocenters. The van der Waals surface area contributed by atoms with E-state index < -0.39 is 5.41 Å². The number of halogens is 1. The Kier molecular flexibility index (Phi) is 5.39. The van der Waals surface area contributed by atoms with Crippen LogP contribution >= 0.6 is 0 Å². The summed E-state index contributed by atoms with van der Waals surface area (Å²) in [5.41, 5.74) is 0.0876. The molecule has 2 amide bonds. The third-order valence-corrected chi connectivity index (χ3v) is 4.43. The number of nitrogens with one attached hydrogen (secondary N) is 2. The van der Waals surface area contributed by atoms with Crippen molar-refractivity contribution in [3.8, 4) is 0 Å². The highest BCUT2D eigenvalue weighted by Gasteiger charge is 2.38. The molecule has 0 radical (unpaired) electrons. The fraction of sp³-hybridized carbons (Fsp3) is 0.556. The highest BCUT2D eigenvalue weighted by atomic mass is 19.1. The van der Waals surface area contributed by atoms with Gasteiger partial charge in [0.05, 0.1) is 0 Å². The van der Waals surface area contributed by atoms with Gasteiger partial charge in [0, 0.05) is 30.8 Å². The maximum Gasteiger partial charge on any atom is 0.223 e. The zero-order valence-electron chi connectivity index (χ0n) is 14.0. The Hall–Kier alpha value is -1.91. The Morgan fingerprint density at radius 2 is 1.91 bits per heavy atom. The summed E-state index contributed by atoms with van der Waals surface area (Å²) >= 11 is 0. The fourth-order valence-electron chi connectivity index (χ4n) is 2.63. The summed E-state index contributed by atoms with van der Waals surface area (Å²) in [6.45, 7) is 6.51. The van der Waals surface area contributed by atoms with Crippen molar-refractivity contribution in [1.82, 2.24) is 10.6 Å². The molecule has 0 aromatic heterocycles. The lowest BCUT2D eigenvalue weighted by molar-refractivity contribution is -0.123. The Bertz CT molecular complexity index is 586. The normalized spacial score (nSPS) is 20.0. The van der Waals surface area contributed by atoms with Crippen LogP contribution in [0.1, 0.15) is 39.2 Å². The number of hydrogen-bond acceptors (Lipinski definition) is 2. The van der Waals surface area contributed by atoms with Gasteiger partial charge in [-0.1, -0.05) is 39.0 Å². The average molecular weight is 320 g/mol. The van der Waals surface area contributed by atoms with Gasteiger partial charge in [-0.05, 0) is 24.0 Å². The number of carbonyl (C=O) groups is 2. The fourth-order valence-corrected chi connectivity index (χ4v) is 2.63. The van der Waals surface area contributed by atoms with Crippen molar-refractivity contribution < 1.29 is 14.0 Å². The largest absolute Gasteiger partial charge is 0.355 e. The van der Waals surface area contributed by atoms with Gasteiger partial charge < -0.3 is 10.6 Å². The van der Waals surface area contributed by atoms with Gasteiger partial charge in [0.25, 0.3) is 0 Å². The van der Waals surface area contributed by atoms with Crippen LogP contribution in [0.4, 0.5) is 4.39 Å². The second-order valence-electron chi connectivity index (χ2n) is 7.00. The number of carbonyl (C=O) groups excluding carboxylic acids is 2. The maximum absolute atomic E-state index is 13.9. The Morgan fingerprint density at radius 1 is 1.26 bits per heavy atom. The third-order valence-electron chi connectivity index (χ3n) is 4.43. The van der Waals surface area contributed by atoms with E-state index in [0.717, 1.165) is 6.42 Å². The lowest BCUT2D eigenvalue weighted by Crippen LogP contribution is -2.38. The lowest BCUT2D eigenvalue weighted by Gasteiger charge is -2.26. The summed E-state index contributed by atoms with van der Waals surface area (Å²) < 4.78 is 13.9. The predicted octanol–water partition coefficient (Wildman–Crippen LogP) is 2.38. The number of amides is 2. The van der Waals surface area contributed by atoms with Gasteiger partial charge in [-0.3, -0.25) is 9.59 Å². The van der Waals surface area contributed by atoms with Crippen LogP contribution in [0, 0.1) is 17.7 Å². The quantitative estimate of drug-likeness (QED) is 0.810. The maximum atomic E-state index is 13.9. The Balaban J connectivity index is 1.73. The van der Waals surface area contributed by atoms with Crippen LogP contribution < -0.4 is 10.6 Å². The van der Waals surface area contributed by atoms with Gasteiger partial charge in [-0.25, -0.2) is 4.39 Å². The average Bonchev–Trinajstić information content (AvgIpc) is 3.22. The van der Waals surface area contributed by atoms with E-state index in [4.69, 9.17) is 0 Å².